The molecule has 1 amide bonds. The van der Waals surface area contributed by atoms with Crippen LogP contribution in [0.15, 0.2) is 75.4 Å². The quantitative estimate of drug-likeness (QED) is 0.0767. The van der Waals surface area contributed by atoms with Crippen molar-refractivity contribution in [3.8, 4) is 17.2 Å². The number of benzene rings is 3. The maximum absolute atomic E-state index is 12.8. The smallest absolute Gasteiger partial charge is 0.338 e. The number of ether oxygens (including phenoxy) is 4. The van der Waals surface area contributed by atoms with E-state index in [1.807, 2.05) is 6.92 Å². The molecule has 0 unspecified atom stereocenters. The Balaban J connectivity index is 1.41. The summed E-state index contributed by atoms with van der Waals surface area (Å²) < 4.78 is 23.6. The molecule has 0 radical (unpaired) electrons. The van der Waals surface area contributed by atoms with Gasteiger partial charge in [-0.15, -0.1) is 0 Å². The SMILES string of the molecule is CCOC(=O)C1=C(C)NC(=S)N[C@@H]1c1ccccc1OCC(=O)NN=Cc1cc(Br)c(OCc2ccc(Cl)cc2Cl)c(OCC)c1. The fraction of sp³-hybridized carbons (Fsp3) is 0.250. The van der Waals surface area contributed by atoms with Crippen LogP contribution in [-0.2, 0) is 20.9 Å². The number of allylic oxidation sites excluding steroid dienone is 1. The Kier molecular flexibility index (Phi) is 12.7. The number of carbonyl (C=O) groups excluding carboxylic acids is 2. The van der Waals surface area contributed by atoms with Crippen LogP contribution in [0.5, 0.6) is 17.2 Å². The number of hydrogen-bond donors (Lipinski definition) is 3. The molecule has 1 aliphatic heterocycles. The van der Waals surface area contributed by atoms with Gasteiger partial charge in [0.15, 0.2) is 23.2 Å². The van der Waals surface area contributed by atoms with Gasteiger partial charge in [0.25, 0.3) is 5.91 Å². The van der Waals surface area contributed by atoms with Crippen LogP contribution in [0.2, 0.25) is 10.0 Å². The monoisotopic (exact) mass is 748 g/mol. The van der Waals surface area contributed by atoms with Crippen LogP contribution in [0.25, 0.3) is 0 Å². The van der Waals surface area contributed by atoms with Gasteiger partial charge in [0.2, 0.25) is 0 Å². The molecule has 1 aliphatic rings. The molecular weight excluding hydrogens is 719 g/mol. The minimum absolute atomic E-state index is 0.196. The summed E-state index contributed by atoms with van der Waals surface area (Å²) in [5.41, 5.74) is 5.41. The molecule has 3 N–H and O–H groups in total. The highest BCUT2D eigenvalue weighted by Gasteiger charge is 2.32. The van der Waals surface area contributed by atoms with E-state index in [2.05, 4.69) is 37.1 Å². The van der Waals surface area contributed by atoms with Gasteiger partial charge in [0.05, 0.1) is 35.5 Å². The number of amides is 1. The van der Waals surface area contributed by atoms with Gasteiger partial charge in [-0.3, -0.25) is 4.79 Å². The van der Waals surface area contributed by atoms with E-state index in [9.17, 15) is 9.59 Å². The van der Waals surface area contributed by atoms with Gasteiger partial charge < -0.3 is 29.6 Å². The molecule has 14 heteroatoms. The molecular formula is C32H31BrCl2N4O6S. The molecule has 3 aromatic carbocycles. The average molecular weight is 750 g/mol. The summed E-state index contributed by atoms with van der Waals surface area (Å²) in [7, 11) is 0. The molecule has 1 atom stereocenters. The van der Waals surface area contributed by atoms with Crippen molar-refractivity contribution in [1.82, 2.24) is 16.1 Å². The van der Waals surface area contributed by atoms with E-state index in [-0.39, 0.29) is 19.8 Å². The van der Waals surface area contributed by atoms with Crippen molar-refractivity contribution in [1.29, 1.82) is 0 Å². The molecule has 0 saturated carbocycles. The Morgan fingerprint density at radius 2 is 1.83 bits per heavy atom. The molecule has 4 rings (SSSR count). The Labute approximate surface area is 290 Å². The third-order valence-corrected chi connectivity index (χ3v) is 7.87. The van der Waals surface area contributed by atoms with Crippen LogP contribution in [0.4, 0.5) is 0 Å². The van der Waals surface area contributed by atoms with E-state index in [1.54, 1.807) is 68.4 Å². The van der Waals surface area contributed by atoms with Crippen LogP contribution >= 0.6 is 51.3 Å². The summed E-state index contributed by atoms with van der Waals surface area (Å²) in [6.07, 6.45) is 1.47. The lowest BCUT2D eigenvalue weighted by atomic mass is 9.95. The number of carbonyl (C=O) groups is 2. The number of esters is 1. The molecule has 0 saturated heterocycles. The van der Waals surface area contributed by atoms with Crippen molar-refractivity contribution >= 4 is 74.6 Å². The minimum atomic E-state index is -0.641. The fourth-order valence-electron chi connectivity index (χ4n) is 4.47. The molecule has 0 bridgehead atoms. The first-order valence-corrected chi connectivity index (χ1v) is 16.1. The maximum Gasteiger partial charge on any atom is 0.338 e. The van der Waals surface area contributed by atoms with Gasteiger partial charge in [-0.05, 0) is 84.8 Å². The molecule has 10 nitrogen and oxygen atoms in total. The van der Waals surface area contributed by atoms with E-state index < -0.39 is 17.9 Å². The van der Waals surface area contributed by atoms with Crippen LogP contribution in [0.1, 0.15) is 43.5 Å². The average Bonchev–Trinajstić information content (AvgIpc) is 3.00. The number of hydrazone groups is 1. The first-order chi connectivity index (χ1) is 22.1. The molecule has 0 fully saturated rings. The van der Waals surface area contributed by atoms with Crippen molar-refractivity contribution in [2.75, 3.05) is 19.8 Å². The molecule has 0 spiro atoms. The van der Waals surface area contributed by atoms with Gasteiger partial charge in [-0.2, -0.15) is 5.10 Å². The van der Waals surface area contributed by atoms with E-state index in [4.69, 9.17) is 54.4 Å². The summed E-state index contributed by atoms with van der Waals surface area (Å²) in [5.74, 6) is 0.368. The highest BCUT2D eigenvalue weighted by molar-refractivity contribution is 9.10. The van der Waals surface area contributed by atoms with Crippen LogP contribution < -0.4 is 30.3 Å². The Bertz CT molecular complexity index is 1690. The highest BCUT2D eigenvalue weighted by Crippen LogP contribution is 2.38. The number of hydrogen-bond acceptors (Lipinski definition) is 8. The third-order valence-electron chi connectivity index (χ3n) is 6.47. The Hall–Kier alpha value is -3.84. The van der Waals surface area contributed by atoms with Gasteiger partial charge in [-0.1, -0.05) is 47.5 Å². The predicted octanol–water partition coefficient (Wildman–Crippen LogP) is 6.62. The van der Waals surface area contributed by atoms with Crippen LogP contribution in [0.3, 0.4) is 0 Å². The normalized spacial score (nSPS) is 14.4. The zero-order chi connectivity index (χ0) is 33.2. The number of thiocarbonyl (C=S) groups is 1. The van der Waals surface area contributed by atoms with Crippen molar-refractivity contribution in [2.24, 2.45) is 5.10 Å². The summed E-state index contributed by atoms with van der Waals surface area (Å²) in [6.45, 7) is 5.81. The number of halogens is 3. The maximum atomic E-state index is 12.8. The van der Waals surface area contributed by atoms with Crippen molar-refractivity contribution in [3.05, 3.63) is 97.1 Å². The van der Waals surface area contributed by atoms with Crippen molar-refractivity contribution < 1.29 is 28.5 Å². The lowest BCUT2D eigenvalue weighted by molar-refractivity contribution is -0.139. The lowest BCUT2D eigenvalue weighted by Gasteiger charge is -2.30. The second-order valence-electron chi connectivity index (χ2n) is 9.70. The van der Waals surface area contributed by atoms with E-state index in [1.165, 1.54) is 6.21 Å². The third kappa shape index (κ3) is 9.12. The highest BCUT2D eigenvalue weighted by atomic mass is 79.9. The van der Waals surface area contributed by atoms with Crippen molar-refractivity contribution in [3.63, 3.8) is 0 Å². The standard InChI is InChI=1S/C32H31BrCl2N4O6S/c1-4-42-26-13-19(12-23(33)30(26)45-16-20-10-11-21(34)14-24(20)35)15-36-39-27(40)17-44-25-9-7-6-8-22(25)29-28(31(41)43-5-2)18(3)37-32(46)38-29/h6-15,29H,4-5,16-17H2,1-3H3,(H,39,40)(H2,37,38,46)/t29-/m1/s1. The zero-order valence-electron chi connectivity index (χ0n) is 25.1. The van der Waals surface area contributed by atoms with Crippen LogP contribution in [-0.4, -0.2) is 43.0 Å². The number of para-hydroxylation sites is 1. The molecule has 46 heavy (non-hydrogen) atoms. The summed E-state index contributed by atoms with van der Waals surface area (Å²) in [6, 6.07) is 15.1. The summed E-state index contributed by atoms with van der Waals surface area (Å²) in [5, 5.41) is 11.5. The number of nitrogens with one attached hydrogen (secondary N) is 3. The number of nitrogens with zero attached hydrogens (tertiary/aromatic N) is 1. The largest absolute Gasteiger partial charge is 0.490 e. The minimum Gasteiger partial charge on any atom is -0.490 e. The second kappa shape index (κ2) is 16.6. The molecule has 242 valence electrons. The Morgan fingerprint density at radius 1 is 1.04 bits per heavy atom. The first-order valence-electron chi connectivity index (χ1n) is 14.1. The zero-order valence-corrected chi connectivity index (χ0v) is 29.0. The second-order valence-corrected chi connectivity index (χ2v) is 11.8. The van der Waals surface area contributed by atoms with E-state index in [0.29, 0.717) is 65.9 Å². The van der Waals surface area contributed by atoms with Gasteiger partial charge in [-0.25, -0.2) is 10.2 Å². The van der Waals surface area contributed by atoms with Gasteiger partial charge in [0.1, 0.15) is 12.4 Å². The van der Waals surface area contributed by atoms with E-state index in [0.717, 1.165) is 5.56 Å². The lowest BCUT2D eigenvalue weighted by Crippen LogP contribution is -2.45. The van der Waals surface area contributed by atoms with Gasteiger partial charge >= 0.3 is 5.97 Å². The fourth-order valence-corrected chi connectivity index (χ4v) is 5.77. The topological polar surface area (TPSA) is 120 Å². The molecule has 1 heterocycles. The molecule has 3 aromatic rings. The van der Waals surface area contributed by atoms with E-state index >= 15 is 0 Å². The van der Waals surface area contributed by atoms with Crippen molar-refractivity contribution in [2.45, 2.75) is 33.4 Å². The molecule has 0 aromatic heterocycles. The number of rotatable bonds is 13. The predicted molar refractivity (Wildman–Crippen MR) is 185 cm³/mol. The first kappa shape index (κ1) is 35.0. The molecule has 0 aliphatic carbocycles. The van der Waals surface area contributed by atoms with Crippen LogP contribution in [0, 0.1) is 0 Å². The summed E-state index contributed by atoms with van der Waals surface area (Å²) in [4.78, 5) is 25.4. The summed E-state index contributed by atoms with van der Waals surface area (Å²) >= 11 is 21.1. The Morgan fingerprint density at radius 3 is 2.57 bits per heavy atom. The van der Waals surface area contributed by atoms with Gasteiger partial charge in [0, 0.05) is 26.9 Å².